The van der Waals surface area contributed by atoms with E-state index in [-0.39, 0.29) is 19.0 Å². The van der Waals surface area contributed by atoms with Gasteiger partial charge in [0.1, 0.15) is 36.0 Å². The number of amides is 1. The second-order valence-electron chi connectivity index (χ2n) is 13.3. The van der Waals surface area contributed by atoms with Crippen molar-refractivity contribution in [3.05, 3.63) is 131 Å². The zero-order valence-corrected chi connectivity index (χ0v) is 30.4. The van der Waals surface area contributed by atoms with Crippen LogP contribution in [0.1, 0.15) is 37.5 Å². The maximum absolute atomic E-state index is 13.8. The molecule has 5 aromatic rings. The van der Waals surface area contributed by atoms with Crippen molar-refractivity contribution in [2.24, 2.45) is 0 Å². The third-order valence-electron chi connectivity index (χ3n) is 8.19. The molecular weight excluding hydrogens is 688 g/mol. The topological polar surface area (TPSA) is 103 Å². The van der Waals surface area contributed by atoms with Crippen LogP contribution < -0.4 is 14.4 Å². The lowest BCUT2D eigenvalue weighted by atomic mass is 10.1. The van der Waals surface area contributed by atoms with Gasteiger partial charge in [0.15, 0.2) is 0 Å². The van der Waals surface area contributed by atoms with Gasteiger partial charge >= 0.3 is 6.09 Å². The molecule has 12 heteroatoms. The number of rotatable bonds is 11. The normalized spacial score (nSPS) is 13.6. The predicted molar refractivity (Wildman–Crippen MR) is 199 cm³/mol. The van der Waals surface area contributed by atoms with Crippen molar-refractivity contribution >= 4 is 33.4 Å². The summed E-state index contributed by atoms with van der Waals surface area (Å²) < 4.78 is 46.9. The number of benzene rings is 4. The van der Waals surface area contributed by atoms with Crippen molar-refractivity contribution in [2.75, 3.05) is 31.1 Å². The molecule has 4 aromatic carbocycles. The lowest BCUT2D eigenvalue weighted by molar-refractivity contribution is 0.0240. The van der Waals surface area contributed by atoms with Crippen molar-refractivity contribution < 1.29 is 27.4 Å². The molecule has 0 atom stereocenters. The van der Waals surface area contributed by atoms with E-state index in [1.807, 2.05) is 92.4 Å². The zero-order valence-electron chi connectivity index (χ0n) is 28.9. The molecule has 6 rings (SSSR count). The van der Waals surface area contributed by atoms with Crippen LogP contribution in [0.15, 0.2) is 109 Å². The number of ether oxygens (including phenoxy) is 3. The highest BCUT2D eigenvalue weighted by Gasteiger charge is 2.31. The number of anilines is 1. The second kappa shape index (κ2) is 15.5. The predicted octanol–water partition coefficient (Wildman–Crippen LogP) is 7.80. The fourth-order valence-corrected chi connectivity index (χ4v) is 7.07. The number of halogens is 1. The third kappa shape index (κ3) is 9.22. The van der Waals surface area contributed by atoms with Gasteiger partial charge in [-0.2, -0.15) is 9.19 Å². The van der Waals surface area contributed by atoms with Crippen LogP contribution in [0.2, 0.25) is 5.02 Å². The summed E-state index contributed by atoms with van der Waals surface area (Å²) in [5.41, 5.74) is 3.37. The molecule has 10 nitrogen and oxygen atoms in total. The second-order valence-corrected chi connectivity index (χ2v) is 15.5. The molecule has 51 heavy (non-hydrogen) atoms. The van der Waals surface area contributed by atoms with E-state index in [1.54, 1.807) is 41.3 Å². The molecule has 1 aliphatic heterocycles. The highest BCUT2D eigenvalue weighted by molar-refractivity contribution is 7.89. The minimum atomic E-state index is -3.94. The highest BCUT2D eigenvalue weighted by atomic mass is 35.5. The lowest BCUT2D eigenvalue weighted by Crippen LogP contribution is -2.50. The minimum Gasteiger partial charge on any atom is -0.488 e. The van der Waals surface area contributed by atoms with E-state index in [0.717, 1.165) is 15.2 Å². The van der Waals surface area contributed by atoms with Gasteiger partial charge in [0.05, 0.1) is 22.7 Å². The standard InChI is InChI=1S/C39H41ClN4O6S/c1-39(2,3)50-38(45)43-21-19-42(20-22-43)34-25-44(51(46,47)28-31-17-11-6-12-18-31)41-37(34)32-23-33(40)36(49-27-30-15-9-5-10-16-30)24-35(32)48-26-29-13-7-4-8-14-29/h4-18,23-25H,19-22,26-28H2,1-3H3. The average molecular weight is 729 g/mol. The van der Waals surface area contributed by atoms with Crippen LogP contribution in [0.5, 0.6) is 11.5 Å². The summed E-state index contributed by atoms with van der Waals surface area (Å²) in [6.07, 6.45) is 1.14. The maximum atomic E-state index is 13.8. The maximum Gasteiger partial charge on any atom is 0.410 e. The van der Waals surface area contributed by atoms with E-state index < -0.39 is 21.7 Å². The van der Waals surface area contributed by atoms with Crippen molar-refractivity contribution in [3.8, 4) is 22.8 Å². The van der Waals surface area contributed by atoms with Gasteiger partial charge in [0.2, 0.25) is 0 Å². The van der Waals surface area contributed by atoms with Crippen LogP contribution in [0.4, 0.5) is 10.5 Å². The SMILES string of the molecule is CC(C)(C)OC(=O)N1CCN(c2cn(S(=O)(=O)Cc3ccccc3)nc2-c2cc(Cl)c(OCc3ccccc3)cc2OCc2ccccc2)CC1. The highest BCUT2D eigenvalue weighted by Crippen LogP contribution is 2.43. The summed E-state index contributed by atoms with van der Waals surface area (Å²) in [4.78, 5) is 16.5. The fraction of sp³-hybridized carbons (Fsp3) is 0.282. The number of carbonyl (C=O) groups excluding carboxylic acids is 1. The Labute approximate surface area is 304 Å². The minimum absolute atomic E-state index is 0.241. The van der Waals surface area contributed by atoms with Gasteiger partial charge in [-0.25, -0.2) is 13.2 Å². The molecule has 1 saturated heterocycles. The van der Waals surface area contributed by atoms with Crippen molar-refractivity contribution in [1.82, 2.24) is 14.1 Å². The Kier molecular flexibility index (Phi) is 10.9. The van der Waals surface area contributed by atoms with Gasteiger partial charge in [-0.3, -0.25) is 0 Å². The Balaban J connectivity index is 1.39. The third-order valence-corrected chi connectivity index (χ3v) is 9.94. The number of nitrogens with zero attached hydrogens (tertiary/aromatic N) is 4. The smallest absolute Gasteiger partial charge is 0.410 e. The largest absolute Gasteiger partial charge is 0.488 e. The average Bonchev–Trinajstić information content (AvgIpc) is 3.57. The van der Waals surface area contributed by atoms with E-state index in [1.165, 1.54) is 6.20 Å². The summed E-state index contributed by atoms with van der Waals surface area (Å²) in [6.45, 7) is 7.62. The molecule has 0 saturated carbocycles. The van der Waals surface area contributed by atoms with E-state index in [9.17, 15) is 13.2 Å². The van der Waals surface area contributed by atoms with Crippen molar-refractivity contribution in [2.45, 2.75) is 45.3 Å². The first kappa shape index (κ1) is 35.8. The van der Waals surface area contributed by atoms with Crippen LogP contribution in [0, 0.1) is 0 Å². The molecular formula is C39H41ClN4O6S. The van der Waals surface area contributed by atoms with Crippen molar-refractivity contribution in [1.29, 1.82) is 0 Å². The summed E-state index contributed by atoms with van der Waals surface area (Å²) >= 11 is 6.88. The molecule has 0 unspecified atom stereocenters. The Morgan fingerprint density at radius 1 is 0.765 bits per heavy atom. The molecule has 0 aliphatic carbocycles. The fourth-order valence-electron chi connectivity index (χ4n) is 5.64. The van der Waals surface area contributed by atoms with Crippen LogP contribution in [0.25, 0.3) is 11.3 Å². The summed E-state index contributed by atoms with van der Waals surface area (Å²) in [6, 6.07) is 31.9. The number of carbonyl (C=O) groups is 1. The summed E-state index contributed by atoms with van der Waals surface area (Å²) in [7, 11) is -3.94. The number of piperazine rings is 1. The van der Waals surface area contributed by atoms with Gasteiger partial charge in [0.25, 0.3) is 10.0 Å². The molecule has 1 aliphatic rings. The molecule has 0 bridgehead atoms. The van der Waals surface area contributed by atoms with Gasteiger partial charge in [-0.1, -0.05) is 103 Å². The Hall–Kier alpha value is -5.00. The van der Waals surface area contributed by atoms with Crippen LogP contribution >= 0.6 is 11.6 Å². The number of hydrogen-bond acceptors (Lipinski definition) is 8. The van der Waals surface area contributed by atoms with Crippen LogP contribution in [0.3, 0.4) is 0 Å². The molecule has 0 N–H and O–H groups in total. The molecule has 0 spiro atoms. The Morgan fingerprint density at radius 3 is 1.84 bits per heavy atom. The summed E-state index contributed by atoms with van der Waals surface area (Å²) in [5, 5.41) is 5.02. The van der Waals surface area contributed by atoms with Crippen LogP contribution in [-0.4, -0.2) is 60.4 Å². The Bertz CT molecular complexity index is 2040. The monoisotopic (exact) mass is 728 g/mol. The number of aromatic nitrogens is 2. The first-order valence-corrected chi connectivity index (χ1v) is 18.7. The lowest BCUT2D eigenvalue weighted by Gasteiger charge is -2.36. The van der Waals surface area contributed by atoms with E-state index >= 15 is 0 Å². The first-order chi connectivity index (χ1) is 24.4. The number of hydrogen-bond donors (Lipinski definition) is 0. The van der Waals surface area contributed by atoms with E-state index in [0.29, 0.717) is 65.2 Å². The van der Waals surface area contributed by atoms with Crippen LogP contribution in [-0.2, 0) is 33.7 Å². The molecule has 2 heterocycles. The van der Waals surface area contributed by atoms with Crippen molar-refractivity contribution in [3.63, 3.8) is 0 Å². The Morgan fingerprint density at radius 2 is 1.29 bits per heavy atom. The molecule has 1 aromatic heterocycles. The molecule has 266 valence electrons. The van der Waals surface area contributed by atoms with Gasteiger partial charge in [0, 0.05) is 37.8 Å². The molecule has 1 fully saturated rings. The van der Waals surface area contributed by atoms with E-state index in [4.69, 9.17) is 30.9 Å². The zero-order chi connectivity index (χ0) is 36.0. The summed E-state index contributed by atoms with van der Waals surface area (Å²) in [5.74, 6) is 0.590. The van der Waals surface area contributed by atoms with Gasteiger partial charge in [-0.15, -0.1) is 0 Å². The van der Waals surface area contributed by atoms with Gasteiger partial charge in [-0.05, 0) is 43.5 Å². The van der Waals surface area contributed by atoms with E-state index in [2.05, 4.69) is 0 Å². The first-order valence-electron chi connectivity index (χ1n) is 16.7. The quantitative estimate of drug-likeness (QED) is 0.136. The molecule has 1 amide bonds. The van der Waals surface area contributed by atoms with Gasteiger partial charge < -0.3 is 24.0 Å². The molecule has 0 radical (unpaired) electrons.